The van der Waals surface area contributed by atoms with Gasteiger partial charge in [-0.15, -0.1) is 0 Å². The molecular weight excluding hydrogens is 663 g/mol. The van der Waals surface area contributed by atoms with Crippen LogP contribution in [0.15, 0.2) is 195 Å². The monoisotopic (exact) mass is 693 g/mol. The normalized spacial score (nSPS) is 14.5. The molecule has 1 aliphatic rings. The Labute approximate surface area is 310 Å². The fourth-order valence-electron chi connectivity index (χ4n) is 7.89. The second-order valence-corrected chi connectivity index (χ2v) is 13.8. The lowest BCUT2D eigenvalue weighted by atomic mass is 9.93. The summed E-state index contributed by atoms with van der Waals surface area (Å²) in [5.41, 5.74) is 10.7. The molecule has 0 spiro atoms. The molecule has 0 fully saturated rings. The topological polar surface area (TPSA) is 63.0 Å². The van der Waals surface area contributed by atoms with Gasteiger partial charge in [0, 0.05) is 32.7 Å². The van der Waals surface area contributed by atoms with Gasteiger partial charge in [-0.25, -0.2) is 9.98 Å². The first kappa shape index (κ1) is 30.4. The highest BCUT2D eigenvalue weighted by molar-refractivity contribution is 6.25. The lowest BCUT2D eigenvalue weighted by molar-refractivity contribution is 0.668. The number of amidine groups is 2. The minimum Gasteiger partial charge on any atom is -0.456 e. The van der Waals surface area contributed by atoms with Crippen molar-refractivity contribution in [3.63, 3.8) is 0 Å². The van der Waals surface area contributed by atoms with Gasteiger partial charge >= 0.3 is 0 Å². The predicted octanol–water partition coefficient (Wildman–Crippen LogP) is 12.5. The second kappa shape index (κ2) is 12.2. The number of furan rings is 2. The van der Waals surface area contributed by atoms with E-state index in [1.54, 1.807) is 0 Å². The summed E-state index contributed by atoms with van der Waals surface area (Å²) in [6.45, 7) is 0. The molecule has 0 saturated carbocycles. The molecule has 1 atom stereocenters. The molecule has 2 aromatic heterocycles. The SMILES string of the molecule is c1ccc(-c2ccc(C3N=C(c4c(-c5ccc6oc7ccccc7c6c5)ccc5oc6ccccc6c45)N=C(c4ccc5ccccc5c4)N3)cc2)cc1. The Morgan fingerprint density at radius 1 is 0.444 bits per heavy atom. The summed E-state index contributed by atoms with van der Waals surface area (Å²) in [5.74, 6) is 1.40. The van der Waals surface area contributed by atoms with E-state index in [1.807, 2.05) is 30.3 Å². The van der Waals surface area contributed by atoms with Gasteiger partial charge in [-0.3, -0.25) is 0 Å². The van der Waals surface area contributed by atoms with E-state index in [1.165, 1.54) is 10.9 Å². The molecule has 1 N–H and O–H groups in total. The molecule has 0 saturated heterocycles. The highest BCUT2D eigenvalue weighted by atomic mass is 16.3. The highest BCUT2D eigenvalue weighted by Gasteiger charge is 2.27. The van der Waals surface area contributed by atoms with Gasteiger partial charge in [-0.05, 0) is 81.1 Å². The number of benzene rings is 8. The number of nitrogens with zero attached hydrogens (tertiary/aromatic N) is 2. The summed E-state index contributed by atoms with van der Waals surface area (Å²) in [6.07, 6.45) is -0.398. The largest absolute Gasteiger partial charge is 0.456 e. The van der Waals surface area contributed by atoms with E-state index in [4.69, 9.17) is 18.8 Å². The van der Waals surface area contributed by atoms with Gasteiger partial charge in [0.25, 0.3) is 0 Å². The van der Waals surface area contributed by atoms with E-state index in [-0.39, 0.29) is 0 Å². The molecule has 0 radical (unpaired) electrons. The van der Waals surface area contributed by atoms with Crippen LogP contribution >= 0.6 is 0 Å². The zero-order valence-corrected chi connectivity index (χ0v) is 29.0. The third-order valence-electron chi connectivity index (χ3n) is 10.6. The molecule has 8 aromatic carbocycles. The molecule has 0 aliphatic carbocycles. The predicted molar refractivity (Wildman–Crippen MR) is 221 cm³/mol. The molecule has 54 heavy (non-hydrogen) atoms. The molecule has 1 unspecified atom stereocenters. The van der Waals surface area contributed by atoms with Crippen LogP contribution in [0.25, 0.3) is 76.9 Å². The van der Waals surface area contributed by atoms with E-state index in [0.29, 0.717) is 5.84 Å². The van der Waals surface area contributed by atoms with E-state index in [2.05, 4.69) is 151 Å². The number of fused-ring (bicyclic) bond motifs is 7. The van der Waals surface area contributed by atoms with Gasteiger partial charge in [0.05, 0.1) is 0 Å². The van der Waals surface area contributed by atoms with Crippen molar-refractivity contribution in [2.24, 2.45) is 9.98 Å². The number of rotatable bonds is 5. The average molecular weight is 694 g/mol. The molecule has 5 heteroatoms. The lowest BCUT2D eigenvalue weighted by Crippen LogP contribution is -2.33. The van der Waals surface area contributed by atoms with Gasteiger partial charge < -0.3 is 14.2 Å². The van der Waals surface area contributed by atoms with Gasteiger partial charge in [0.15, 0.2) is 5.84 Å². The van der Waals surface area contributed by atoms with Crippen molar-refractivity contribution in [2.45, 2.75) is 6.17 Å². The number of hydrogen-bond acceptors (Lipinski definition) is 5. The van der Waals surface area contributed by atoms with Gasteiger partial charge in [-0.2, -0.15) is 0 Å². The van der Waals surface area contributed by atoms with Crippen LogP contribution in [-0.2, 0) is 0 Å². The summed E-state index contributed by atoms with van der Waals surface area (Å²) in [4.78, 5) is 10.8. The van der Waals surface area contributed by atoms with Crippen molar-refractivity contribution >= 4 is 66.3 Å². The molecule has 254 valence electrons. The highest BCUT2D eigenvalue weighted by Crippen LogP contribution is 2.41. The maximum absolute atomic E-state index is 6.48. The third kappa shape index (κ3) is 5.01. The number of nitrogens with one attached hydrogen (secondary N) is 1. The van der Waals surface area contributed by atoms with Crippen molar-refractivity contribution in [1.29, 1.82) is 0 Å². The summed E-state index contributed by atoms with van der Waals surface area (Å²) < 4.78 is 12.7. The van der Waals surface area contributed by atoms with Crippen molar-refractivity contribution in [3.8, 4) is 22.3 Å². The minimum absolute atomic E-state index is 0.398. The van der Waals surface area contributed by atoms with Gasteiger partial charge in [0.1, 0.15) is 34.3 Å². The molecular formula is C49H31N3O2. The summed E-state index contributed by atoms with van der Waals surface area (Å²) in [6, 6.07) is 61.1. The molecule has 0 amide bonds. The number of hydrogen-bond donors (Lipinski definition) is 1. The average Bonchev–Trinajstić information content (AvgIpc) is 3.81. The molecule has 5 nitrogen and oxygen atoms in total. The summed E-state index contributed by atoms with van der Waals surface area (Å²) in [7, 11) is 0. The smallest absolute Gasteiger partial charge is 0.160 e. The first-order chi connectivity index (χ1) is 26.7. The molecule has 1 aliphatic heterocycles. The van der Waals surface area contributed by atoms with E-state index in [0.717, 1.165) is 88.5 Å². The Morgan fingerprint density at radius 2 is 1.07 bits per heavy atom. The van der Waals surface area contributed by atoms with Crippen LogP contribution in [0.3, 0.4) is 0 Å². The van der Waals surface area contributed by atoms with Crippen molar-refractivity contribution < 1.29 is 8.83 Å². The lowest BCUT2D eigenvalue weighted by Gasteiger charge is -2.25. The Kier molecular flexibility index (Phi) is 6.85. The van der Waals surface area contributed by atoms with Crippen molar-refractivity contribution in [3.05, 3.63) is 193 Å². The van der Waals surface area contributed by atoms with Crippen LogP contribution in [0.5, 0.6) is 0 Å². The fraction of sp³-hybridized carbons (Fsp3) is 0.0204. The maximum atomic E-state index is 6.48. The van der Waals surface area contributed by atoms with Crippen LogP contribution in [0.4, 0.5) is 0 Å². The summed E-state index contributed by atoms with van der Waals surface area (Å²) >= 11 is 0. The Bertz CT molecular complexity index is 3130. The van der Waals surface area contributed by atoms with E-state index >= 15 is 0 Å². The first-order valence-electron chi connectivity index (χ1n) is 18.2. The third-order valence-corrected chi connectivity index (χ3v) is 10.6. The molecule has 3 heterocycles. The van der Waals surface area contributed by atoms with E-state index in [9.17, 15) is 0 Å². The van der Waals surface area contributed by atoms with Crippen LogP contribution in [0.2, 0.25) is 0 Å². The van der Waals surface area contributed by atoms with E-state index < -0.39 is 6.17 Å². The minimum atomic E-state index is -0.398. The van der Waals surface area contributed by atoms with Crippen LogP contribution in [-0.4, -0.2) is 11.7 Å². The Balaban J connectivity index is 1.15. The molecule has 11 rings (SSSR count). The summed E-state index contributed by atoms with van der Waals surface area (Å²) in [5, 5.41) is 10.2. The molecule has 10 aromatic rings. The standard InChI is InChI=1S/C49H31N3O2/c1-2-10-30(11-3-1)32-18-21-33(22-19-32)47-50-48(36-23-20-31-12-4-5-13-34(31)28-36)52-49(51-47)46-37(25-27-44-45(46)39-15-7-9-17-42(39)54-44)35-24-26-43-40(29-35)38-14-6-8-16-41(38)53-43/h1-29,47H,(H,50,51,52). The van der Waals surface area contributed by atoms with Crippen molar-refractivity contribution in [2.75, 3.05) is 0 Å². The zero-order chi connectivity index (χ0) is 35.6. The van der Waals surface area contributed by atoms with Crippen LogP contribution < -0.4 is 5.32 Å². The molecule has 0 bridgehead atoms. The zero-order valence-electron chi connectivity index (χ0n) is 29.0. The number of aliphatic imine (C=N–C) groups is 2. The quantitative estimate of drug-likeness (QED) is 0.195. The van der Waals surface area contributed by atoms with Crippen LogP contribution in [0, 0.1) is 0 Å². The second-order valence-electron chi connectivity index (χ2n) is 13.8. The Hall–Kier alpha value is -7.24. The first-order valence-corrected chi connectivity index (χ1v) is 18.2. The Morgan fingerprint density at radius 3 is 1.93 bits per heavy atom. The van der Waals surface area contributed by atoms with Gasteiger partial charge in [0.2, 0.25) is 0 Å². The fourth-order valence-corrected chi connectivity index (χ4v) is 7.89. The van der Waals surface area contributed by atoms with Crippen LogP contribution in [0.1, 0.15) is 22.9 Å². The van der Waals surface area contributed by atoms with Gasteiger partial charge in [-0.1, -0.05) is 133 Å². The maximum Gasteiger partial charge on any atom is 0.160 e. The number of para-hydroxylation sites is 2. The van der Waals surface area contributed by atoms with Crippen molar-refractivity contribution in [1.82, 2.24) is 5.32 Å².